The second-order valence-corrected chi connectivity index (χ2v) is 5.63. The summed E-state index contributed by atoms with van der Waals surface area (Å²) in [5, 5.41) is 3.81. The first-order chi connectivity index (χ1) is 7.92. The van der Waals surface area contributed by atoms with E-state index in [2.05, 4.69) is 30.5 Å². The molecule has 5 N–H and O–H groups in total. The summed E-state index contributed by atoms with van der Waals surface area (Å²) in [6.07, 6.45) is 9.03. The Hall–Kier alpha value is -1.19. The Morgan fingerprint density at radius 2 is 1.82 bits per heavy atom. The van der Waals surface area contributed by atoms with Gasteiger partial charge in [0.15, 0.2) is 0 Å². The lowest BCUT2D eigenvalue weighted by Crippen LogP contribution is -2.27. The van der Waals surface area contributed by atoms with Gasteiger partial charge < -0.3 is 11.5 Å². The van der Waals surface area contributed by atoms with Crippen molar-refractivity contribution in [1.82, 2.24) is 5.43 Å². The maximum Gasteiger partial charge on any atom is 0.208 e. The van der Waals surface area contributed by atoms with Crippen molar-refractivity contribution in [2.45, 2.75) is 52.9 Å². The molecule has 0 aromatic heterocycles. The van der Waals surface area contributed by atoms with Crippen molar-refractivity contribution >= 4 is 5.96 Å². The van der Waals surface area contributed by atoms with Crippen LogP contribution in [0.3, 0.4) is 0 Å². The van der Waals surface area contributed by atoms with Gasteiger partial charge in [0.2, 0.25) is 5.96 Å². The molecule has 0 aromatic carbocycles. The van der Waals surface area contributed by atoms with E-state index in [-0.39, 0.29) is 11.4 Å². The van der Waals surface area contributed by atoms with Gasteiger partial charge in [0, 0.05) is 5.70 Å². The van der Waals surface area contributed by atoms with Gasteiger partial charge in [-0.3, -0.25) is 5.43 Å². The monoisotopic (exact) mass is 238 g/mol. The molecule has 0 amide bonds. The molecule has 0 spiro atoms. The van der Waals surface area contributed by atoms with Crippen LogP contribution in [0.2, 0.25) is 0 Å². The second-order valence-electron chi connectivity index (χ2n) is 5.63. The SMILES string of the molecule is CC(=CC(C)(C)C1CCCCC1)NN=C(N)N. The Morgan fingerprint density at radius 1 is 1.24 bits per heavy atom. The Morgan fingerprint density at radius 3 is 2.35 bits per heavy atom. The number of hydrogen-bond acceptors (Lipinski definition) is 2. The van der Waals surface area contributed by atoms with Crippen LogP contribution in [0.4, 0.5) is 0 Å². The van der Waals surface area contributed by atoms with E-state index in [9.17, 15) is 0 Å². The fraction of sp³-hybridized carbons (Fsp3) is 0.769. The molecule has 0 unspecified atom stereocenters. The van der Waals surface area contributed by atoms with Crippen LogP contribution in [-0.4, -0.2) is 5.96 Å². The van der Waals surface area contributed by atoms with Gasteiger partial charge >= 0.3 is 0 Å². The summed E-state index contributed by atoms with van der Waals surface area (Å²) < 4.78 is 0. The van der Waals surface area contributed by atoms with Gasteiger partial charge in [-0.05, 0) is 31.1 Å². The van der Waals surface area contributed by atoms with Crippen LogP contribution in [0.1, 0.15) is 52.9 Å². The Labute approximate surface area is 105 Å². The number of hydrazone groups is 1. The lowest BCUT2D eigenvalue weighted by molar-refractivity contribution is 0.209. The summed E-state index contributed by atoms with van der Waals surface area (Å²) in [4.78, 5) is 0. The highest BCUT2D eigenvalue weighted by Gasteiger charge is 2.28. The second kappa shape index (κ2) is 5.94. The first kappa shape index (κ1) is 13.9. The summed E-state index contributed by atoms with van der Waals surface area (Å²) in [7, 11) is 0. The summed E-state index contributed by atoms with van der Waals surface area (Å²) in [6, 6.07) is 0. The van der Waals surface area contributed by atoms with Crippen molar-refractivity contribution in [3.8, 4) is 0 Å². The van der Waals surface area contributed by atoms with Crippen molar-refractivity contribution in [3.63, 3.8) is 0 Å². The quantitative estimate of drug-likeness (QED) is 0.399. The number of nitrogens with zero attached hydrogens (tertiary/aromatic N) is 1. The lowest BCUT2D eigenvalue weighted by Gasteiger charge is -2.35. The van der Waals surface area contributed by atoms with E-state index in [1.165, 1.54) is 32.1 Å². The van der Waals surface area contributed by atoms with Gasteiger partial charge in [-0.2, -0.15) is 0 Å². The van der Waals surface area contributed by atoms with Crippen molar-refractivity contribution in [1.29, 1.82) is 0 Å². The van der Waals surface area contributed by atoms with Crippen LogP contribution in [0.15, 0.2) is 16.9 Å². The number of allylic oxidation sites excluding steroid dienone is 2. The van der Waals surface area contributed by atoms with Gasteiger partial charge in [0.1, 0.15) is 0 Å². The number of nitrogens with one attached hydrogen (secondary N) is 1. The van der Waals surface area contributed by atoms with E-state index in [0.717, 1.165) is 11.6 Å². The third-order valence-corrected chi connectivity index (χ3v) is 3.61. The first-order valence-corrected chi connectivity index (χ1v) is 6.46. The number of rotatable bonds is 4. The molecule has 1 aliphatic rings. The highest BCUT2D eigenvalue weighted by Crippen LogP contribution is 2.39. The summed E-state index contributed by atoms with van der Waals surface area (Å²) in [5.41, 5.74) is 14.7. The molecule has 0 aliphatic heterocycles. The summed E-state index contributed by atoms with van der Waals surface area (Å²) >= 11 is 0. The van der Waals surface area contributed by atoms with Crippen LogP contribution in [-0.2, 0) is 0 Å². The van der Waals surface area contributed by atoms with Crippen molar-refractivity contribution in [2.24, 2.45) is 27.9 Å². The topological polar surface area (TPSA) is 76.4 Å². The lowest BCUT2D eigenvalue weighted by atomic mass is 9.71. The van der Waals surface area contributed by atoms with E-state index in [4.69, 9.17) is 11.5 Å². The number of hydrogen-bond donors (Lipinski definition) is 3. The Balaban J connectivity index is 2.62. The predicted octanol–water partition coefficient (Wildman–Crippen LogP) is 2.27. The highest BCUT2D eigenvalue weighted by molar-refractivity contribution is 5.75. The standard InChI is InChI=1S/C13H26N4/c1-10(16-17-12(14)15)9-13(2,3)11-7-5-4-6-8-11/h9,11,16H,4-8H2,1-3H3,(H4,14,15,17). The largest absolute Gasteiger partial charge is 0.369 e. The smallest absolute Gasteiger partial charge is 0.208 e. The minimum absolute atomic E-state index is 0.0632. The van der Waals surface area contributed by atoms with E-state index in [1.54, 1.807) is 0 Å². The zero-order valence-corrected chi connectivity index (χ0v) is 11.3. The van der Waals surface area contributed by atoms with Crippen molar-refractivity contribution in [2.75, 3.05) is 0 Å². The molecule has 0 aromatic rings. The first-order valence-electron chi connectivity index (χ1n) is 6.46. The third-order valence-electron chi connectivity index (χ3n) is 3.61. The molecule has 4 nitrogen and oxygen atoms in total. The molecule has 0 bridgehead atoms. The molecule has 0 radical (unpaired) electrons. The van der Waals surface area contributed by atoms with Gasteiger partial charge in [0.05, 0.1) is 0 Å². The molecule has 1 fully saturated rings. The Kier molecular flexibility index (Phi) is 4.85. The van der Waals surface area contributed by atoms with Gasteiger partial charge in [0.25, 0.3) is 0 Å². The molecule has 0 saturated heterocycles. The minimum atomic E-state index is 0.0632. The average molecular weight is 238 g/mol. The van der Waals surface area contributed by atoms with Crippen molar-refractivity contribution < 1.29 is 0 Å². The maximum atomic E-state index is 5.29. The zero-order chi connectivity index (χ0) is 12.9. The van der Waals surface area contributed by atoms with Crippen molar-refractivity contribution in [3.05, 3.63) is 11.8 Å². The number of guanidine groups is 1. The van der Waals surface area contributed by atoms with Crippen LogP contribution in [0.25, 0.3) is 0 Å². The zero-order valence-electron chi connectivity index (χ0n) is 11.3. The van der Waals surface area contributed by atoms with E-state index < -0.39 is 0 Å². The molecular formula is C13H26N4. The predicted molar refractivity (Wildman–Crippen MR) is 73.1 cm³/mol. The van der Waals surface area contributed by atoms with Gasteiger partial charge in [-0.25, -0.2) is 0 Å². The molecular weight excluding hydrogens is 212 g/mol. The van der Waals surface area contributed by atoms with Gasteiger partial charge in [-0.1, -0.05) is 39.2 Å². The summed E-state index contributed by atoms with van der Waals surface area (Å²) in [5.74, 6) is 0.834. The maximum absolute atomic E-state index is 5.29. The highest BCUT2D eigenvalue weighted by atomic mass is 15.3. The molecule has 17 heavy (non-hydrogen) atoms. The molecule has 98 valence electrons. The van der Waals surface area contributed by atoms with E-state index in [0.29, 0.717) is 0 Å². The third kappa shape index (κ3) is 4.67. The van der Waals surface area contributed by atoms with Crippen LogP contribution < -0.4 is 16.9 Å². The number of nitrogens with two attached hydrogens (primary N) is 2. The molecule has 1 rings (SSSR count). The van der Waals surface area contributed by atoms with Crippen LogP contribution in [0, 0.1) is 11.3 Å². The summed E-state index contributed by atoms with van der Waals surface area (Å²) in [6.45, 7) is 6.59. The average Bonchev–Trinajstić information content (AvgIpc) is 2.27. The molecule has 1 saturated carbocycles. The molecule has 4 heteroatoms. The fourth-order valence-electron chi connectivity index (χ4n) is 2.71. The van der Waals surface area contributed by atoms with E-state index in [1.807, 2.05) is 6.92 Å². The fourth-order valence-corrected chi connectivity index (χ4v) is 2.71. The van der Waals surface area contributed by atoms with Crippen LogP contribution >= 0.6 is 0 Å². The Bertz CT molecular complexity index is 295. The molecule has 1 aliphatic carbocycles. The van der Waals surface area contributed by atoms with E-state index >= 15 is 0 Å². The minimum Gasteiger partial charge on any atom is -0.369 e. The molecule has 0 atom stereocenters. The van der Waals surface area contributed by atoms with Gasteiger partial charge in [-0.15, -0.1) is 5.10 Å². The normalized spacial score (nSPS) is 18.9. The van der Waals surface area contributed by atoms with Crippen LogP contribution in [0.5, 0.6) is 0 Å². The molecule has 0 heterocycles.